The van der Waals surface area contributed by atoms with Crippen LogP contribution in [-0.4, -0.2) is 21.2 Å². The molecule has 0 aliphatic rings. The minimum atomic E-state index is 0.00789. The number of rotatable bonds is 4. The molecule has 0 bridgehead atoms. The Bertz CT molecular complexity index is 494. The lowest BCUT2D eigenvalue weighted by molar-refractivity contribution is 0.726. The molecule has 3 N–H and O–H groups in total. The van der Waals surface area contributed by atoms with E-state index in [0.717, 1.165) is 15.0 Å². The van der Waals surface area contributed by atoms with Crippen molar-refractivity contribution in [3.8, 4) is 0 Å². The van der Waals surface area contributed by atoms with Gasteiger partial charge in [-0.15, -0.1) is 16.4 Å². The number of aryl methyl sites for hydroxylation is 1. The maximum absolute atomic E-state index is 6.01. The number of nitrogens with one attached hydrogen (secondary N) is 1. The van der Waals surface area contributed by atoms with Gasteiger partial charge in [0.1, 0.15) is 5.82 Å². The van der Waals surface area contributed by atoms with E-state index in [1.54, 1.807) is 23.1 Å². The first-order valence-electron chi connectivity index (χ1n) is 5.12. The molecule has 4 nitrogen and oxygen atoms in total. The average molecular weight is 289 g/mol. The van der Waals surface area contributed by atoms with Gasteiger partial charge in [-0.05, 0) is 26.0 Å². The predicted molar refractivity (Wildman–Crippen MR) is 72.7 cm³/mol. The van der Waals surface area contributed by atoms with Gasteiger partial charge < -0.3 is 5.73 Å². The Morgan fingerprint density at radius 3 is 2.76 bits per heavy atom. The molecule has 2 unspecified atom stereocenters. The van der Waals surface area contributed by atoms with Crippen molar-refractivity contribution in [2.45, 2.75) is 30.3 Å². The van der Waals surface area contributed by atoms with Crippen LogP contribution in [0.2, 0.25) is 4.34 Å². The lowest BCUT2D eigenvalue weighted by Gasteiger charge is -2.16. The molecule has 0 aromatic carbocycles. The van der Waals surface area contributed by atoms with Crippen LogP contribution >= 0.6 is 34.7 Å². The minimum Gasteiger partial charge on any atom is -0.327 e. The molecule has 0 saturated heterocycles. The number of thiophene rings is 1. The van der Waals surface area contributed by atoms with Gasteiger partial charge in [0.05, 0.1) is 9.59 Å². The molecule has 2 rings (SSSR count). The van der Waals surface area contributed by atoms with Gasteiger partial charge in [-0.2, -0.15) is 0 Å². The van der Waals surface area contributed by atoms with Gasteiger partial charge in [0.2, 0.25) is 5.16 Å². The smallest absolute Gasteiger partial charge is 0.209 e. The van der Waals surface area contributed by atoms with Crippen molar-refractivity contribution >= 4 is 34.7 Å². The standard InChI is InChI=1S/C10H13ClN4S2/c1-5(12)9(7-3-4-8(11)16-7)17-10-13-6(2)14-15-10/h3-5,9H,12H2,1-2H3,(H,13,14,15). The highest BCUT2D eigenvalue weighted by Crippen LogP contribution is 2.39. The molecule has 7 heteroatoms. The van der Waals surface area contributed by atoms with Gasteiger partial charge in [0.25, 0.3) is 0 Å². The van der Waals surface area contributed by atoms with Crippen LogP contribution in [0, 0.1) is 6.92 Å². The number of nitrogens with zero attached hydrogens (tertiary/aromatic N) is 2. The summed E-state index contributed by atoms with van der Waals surface area (Å²) in [6.45, 7) is 3.85. The number of hydrogen-bond donors (Lipinski definition) is 2. The molecule has 0 aliphatic heterocycles. The average Bonchev–Trinajstić information content (AvgIpc) is 2.83. The van der Waals surface area contributed by atoms with Crippen LogP contribution < -0.4 is 5.73 Å². The van der Waals surface area contributed by atoms with Crippen molar-refractivity contribution < 1.29 is 0 Å². The van der Waals surface area contributed by atoms with Gasteiger partial charge >= 0.3 is 0 Å². The normalized spacial score (nSPS) is 14.8. The van der Waals surface area contributed by atoms with E-state index in [0.29, 0.717) is 5.16 Å². The van der Waals surface area contributed by atoms with E-state index in [-0.39, 0.29) is 11.3 Å². The van der Waals surface area contributed by atoms with Crippen LogP contribution in [0.3, 0.4) is 0 Å². The van der Waals surface area contributed by atoms with Gasteiger partial charge in [0, 0.05) is 10.9 Å². The summed E-state index contributed by atoms with van der Waals surface area (Å²) in [4.78, 5) is 5.43. The topological polar surface area (TPSA) is 67.6 Å². The lowest BCUT2D eigenvalue weighted by Crippen LogP contribution is -2.22. The zero-order valence-electron chi connectivity index (χ0n) is 9.48. The van der Waals surface area contributed by atoms with E-state index in [2.05, 4.69) is 15.2 Å². The molecule has 0 radical (unpaired) electrons. The fourth-order valence-corrected chi connectivity index (χ4v) is 3.77. The summed E-state index contributed by atoms with van der Waals surface area (Å²) in [5.41, 5.74) is 6.01. The quantitative estimate of drug-likeness (QED) is 0.849. The van der Waals surface area contributed by atoms with E-state index in [9.17, 15) is 0 Å². The van der Waals surface area contributed by atoms with E-state index >= 15 is 0 Å². The van der Waals surface area contributed by atoms with Gasteiger partial charge in [-0.3, -0.25) is 5.10 Å². The Kier molecular flexibility index (Phi) is 4.09. The zero-order valence-corrected chi connectivity index (χ0v) is 11.9. The van der Waals surface area contributed by atoms with Crippen LogP contribution in [-0.2, 0) is 0 Å². The van der Waals surface area contributed by atoms with Gasteiger partial charge in [0.15, 0.2) is 0 Å². The van der Waals surface area contributed by atoms with E-state index < -0.39 is 0 Å². The summed E-state index contributed by atoms with van der Waals surface area (Å²) in [6.07, 6.45) is 0. The number of hydrogen-bond acceptors (Lipinski definition) is 5. The zero-order chi connectivity index (χ0) is 12.4. The summed E-state index contributed by atoms with van der Waals surface area (Å²) < 4.78 is 0.775. The molecule has 0 fully saturated rings. The second-order valence-electron chi connectivity index (χ2n) is 3.74. The van der Waals surface area contributed by atoms with Crippen LogP contribution in [0.25, 0.3) is 0 Å². The summed E-state index contributed by atoms with van der Waals surface area (Å²) in [6, 6.07) is 3.90. The molecule has 0 saturated carbocycles. The fraction of sp³-hybridized carbons (Fsp3) is 0.400. The third kappa shape index (κ3) is 3.22. The summed E-state index contributed by atoms with van der Waals surface area (Å²) >= 11 is 9.05. The highest BCUT2D eigenvalue weighted by Gasteiger charge is 2.21. The highest BCUT2D eigenvalue weighted by molar-refractivity contribution is 7.99. The van der Waals surface area contributed by atoms with Crippen LogP contribution in [0.1, 0.15) is 22.9 Å². The third-order valence-electron chi connectivity index (χ3n) is 2.16. The first-order chi connectivity index (χ1) is 8.06. The molecule has 17 heavy (non-hydrogen) atoms. The Balaban J connectivity index is 2.18. The Morgan fingerprint density at radius 2 is 2.29 bits per heavy atom. The van der Waals surface area contributed by atoms with Crippen LogP contribution in [0.15, 0.2) is 17.3 Å². The molecule has 2 heterocycles. The Hall–Kier alpha value is -0.560. The number of nitrogens with two attached hydrogens (primary N) is 1. The summed E-state index contributed by atoms with van der Waals surface area (Å²) in [5.74, 6) is 0.806. The first-order valence-corrected chi connectivity index (χ1v) is 7.20. The molecule has 0 spiro atoms. The van der Waals surface area contributed by atoms with Crippen molar-refractivity contribution in [2.75, 3.05) is 0 Å². The van der Waals surface area contributed by atoms with Gasteiger partial charge in [-0.1, -0.05) is 23.4 Å². The molecular formula is C10H13ClN4S2. The maximum atomic E-state index is 6.01. The van der Waals surface area contributed by atoms with E-state index in [1.807, 2.05) is 26.0 Å². The lowest BCUT2D eigenvalue weighted by atomic mass is 10.2. The monoisotopic (exact) mass is 288 g/mol. The number of halogens is 1. The van der Waals surface area contributed by atoms with Crippen LogP contribution in [0.4, 0.5) is 0 Å². The molecule has 92 valence electrons. The Morgan fingerprint density at radius 1 is 1.53 bits per heavy atom. The summed E-state index contributed by atoms with van der Waals surface area (Å²) in [7, 11) is 0. The predicted octanol–water partition coefficient (Wildman–Crippen LogP) is 3.01. The number of aromatic nitrogens is 3. The molecule has 2 aromatic heterocycles. The van der Waals surface area contributed by atoms with Crippen molar-refractivity contribution in [2.24, 2.45) is 5.73 Å². The van der Waals surface area contributed by atoms with Crippen molar-refractivity contribution in [1.82, 2.24) is 15.2 Å². The molecule has 2 atom stereocenters. The van der Waals surface area contributed by atoms with Crippen LogP contribution in [0.5, 0.6) is 0 Å². The Labute approximate surface area is 113 Å². The minimum absolute atomic E-state index is 0.00789. The highest BCUT2D eigenvalue weighted by atomic mass is 35.5. The van der Waals surface area contributed by atoms with Crippen molar-refractivity contribution in [3.63, 3.8) is 0 Å². The molecular weight excluding hydrogens is 276 g/mol. The maximum Gasteiger partial charge on any atom is 0.209 e. The number of aromatic amines is 1. The molecule has 0 aliphatic carbocycles. The number of thioether (sulfide) groups is 1. The van der Waals surface area contributed by atoms with E-state index in [4.69, 9.17) is 17.3 Å². The van der Waals surface area contributed by atoms with E-state index in [1.165, 1.54) is 0 Å². The molecule has 0 amide bonds. The van der Waals surface area contributed by atoms with Gasteiger partial charge in [-0.25, -0.2) is 4.98 Å². The second-order valence-corrected chi connectivity index (χ2v) is 6.60. The first kappa shape index (κ1) is 12.9. The van der Waals surface area contributed by atoms with Crippen molar-refractivity contribution in [1.29, 1.82) is 0 Å². The fourth-order valence-electron chi connectivity index (χ4n) is 1.39. The third-order valence-corrected chi connectivity index (χ3v) is 4.96. The summed E-state index contributed by atoms with van der Waals surface area (Å²) in [5, 5.41) is 7.78. The van der Waals surface area contributed by atoms with Crippen molar-refractivity contribution in [3.05, 3.63) is 27.2 Å². The number of H-pyrrole nitrogens is 1. The largest absolute Gasteiger partial charge is 0.327 e. The SMILES string of the molecule is Cc1nc(SC(c2ccc(Cl)s2)C(C)N)n[nH]1. The second kappa shape index (κ2) is 5.39. The molecule has 2 aromatic rings.